The Kier molecular flexibility index (Phi) is 8.16. The van der Waals surface area contributed by atoms with Crippen molar-refractivity contribution in [3.63, 3.8) is 0 Å². The van der Waals surface area contributed by atoms with Gasteiger partial charge in [-0.25, -0.2) is 0 Å². The molecule has 192 valence electrons. The van der Waals surface area contributed by atoms with E-state index in [2.05, 4.69) is 104 Å². The van der Waals surface area contributed by atoms with E-state index < -0.39 is 0 Å². The summed E-state index contributed by atoms with van der Waals surface area (Å²) in [6, 6.07) is 14.2. The fraction of sp³-hybridized carbons (Fsp3) is 0.647. The highest BCUT2D eigenvalue weighted by atomic mass is 32.2. The van der Waals surface area contributed by atoms with Crippen molar-refractivity contribution in [2.75, 3.05) is 0 Å². The van der Waals surface area contributed by atoms with Crippen LogP contribution in [0, 0.1) is 36.5 Å². The fourth-order valence-electron chi connectivity index (χ4n) is 7.58. The first kappa shape index (κ1) is 26.8. The lowest BCUT2D eigenvalue weighted by Gasteiger charge is -2.42. The quantitative estimate of drug-likeness (QED) is 0.410. The predicted octanol–water partition coefficient (Wildman–Crippen LogP) is 11.1. The van der Waals surface area contributed by atoms with Gasteiger partial charge in [-0.15, -0.1) is 0 Å². The van der Waals surface area contributed by atoms with Gasteiger partial charge in [0.2, 0.25) is 0 Å². The second-order valence-corrected chi connectivity index (χ2v) is 14.9. The lowest BCUT2D eigenvalue weighted by atomic mass is 9.64. The Morgan fingerprint density at radius 2 is 0.943 bits per heavy atom. The first-order valence-electron chi connectivity index (χ1n) is 14.4. The van der Waals surface area contributed by atoms with E-state index in [0.29, 0.717) is 22.7 Å². The van der Waals surface area contributed by atoms with Gasteiger partial charge in [0.25, 0.3) is 0 Å². The molecule has 0 spiro atoms. The minimum Gasteiger partial charge on any atom is -0.0895 e. The molecule has 2 fully saturated rings. The molecule has 0 amide bonds. The van der Waals surface area contributed by atoms with Crippen LogP contribution < -0.4 is 0 Å². The average Bonchev–Trinajstić information content (AvgIpc) is 2.78. The number of hydrogen-bond donors (Lipinski definition) is 0. The number of rotatable bonds is 4. The van der Waals surface area contributed by atoms with Gasteiger partial charge in [-0.3, -0.25) is 0 Å². The van der Waals surface area contributed by atoms with Crippen molar-refractivity contribution >= 4 is 11.8 Å². The second-order valence-electron chi connectivity index (χ2n) is 13.8. The van der Waals surface area contributed by atoms with E-state index in [4.69, 9.17) is 0 Å². The monoisotopic (exact) mass is 490 g/mol. The van der Waals surface area contributed by atoms with Crippen LogP contribution in [0.1, 0.15) is 127 Å². The Labute approximate surface area is 221 Å². The molecule has 2 aliphatic carbocycles. The number of hydrogen-bond acceptors (Lipinski definition) is 1. The van der Waals surface area contributed by atoms with Crippen LogP contribution in [0.5, 0.6) is 0 Å². The molecule has 4 unspecified atom stereocenters. The molecule has 0 nitrogen and oxygen atoms in total. The summed E-state index contributed by atoms with van der Waals surface area (Å²) in [4.78, 5) is 3.03. The Balaban J connectivity index is 1.76. The third-order valence-electron chi connectivity index (χ3n) is 9.29. The molecule has 2 aromatic carbocycles. The zero-order chi connectivity index (χ0) is 25.4. The van der Waals surface area contributed by atoms with Gasteiger partial charge < -0.3 is 0 Å². The molecule has 0 radical (unpaired) electrons. The van der Waals surface area contributed by atoms with Gasteiger partial charge >= 0.3 is 0 Å². The number of aryl methyl sites for hydroxylation is 2. The van der Waals surface area contributed by atoms with Gasteiger partial charge in [0.05, 0.1) is 0 Å². The molecule has 0 bridgehead atoms. The Bertz CT molecular complexity index is 921. The summed E-state index contributed by atoms with van der Waals surface area (Å²) in [5.41, 5.74) is 7.00. The fourth-order valence-corrected chi connectivity index (χ4v) is 8.95. The summed E-state index contributed by atoms with van der Waals surface area (Å²) in [5, 5.41) is 0. The lowest BCUT2D eigenvalue weighted by molar-refractivity contribution is 0.149. The van der Waals surface area contributed by atoms with Gasteiger partial charge in [0.1, 0.15) is 0 Å². The molecule has 2 aromatic rings. The summed E-state index contributed by atoms with van der Waals surface area (Å²) >= 11 is 2.08. The van der Waals surface area contributed by atoms with Crippen molar-refractivity contribution in [3.8, 4) is 0 Å². The standard InChI is InChI=1S/C34H50S/c1-23-15-13-21-29(31(23)25-17-9-11-19-27(25)33(3,4)5)35-30-22-14-16-24(2)32(30)26-18-10-12-20-28(26)34(6,7)8/h13-16,21-22,25-28H,9-12,17-20H2,1-8H3. The van der Waals surface area contributed by atoms with Gasteiger partial charge in [-0.1, -0.05) is 103 Å². The second kappa shape index (κ2) is 10.6. The summed E-state index contributed by atoms with van der Waals surface area (Å²) in [6.07, 6.45) is 11.0. The Morgan fingerprint density at radius 1 is 0.571 bits per heavy atom. The molecule has 0 N–H and O–H groups in total. The molecule has 2 saturated carbocycles. The van der Waals surface area contributed by atoms with E-state index in [1.54, 1.807) is 11.1 Å². The van der Waals surface area contributed by atoms with Crippen molar-refractivity contribution in [2.24, 2.45) is 22.7 Å². The van der Waals surface area contributed by atoms with Crippen molar-refractivity contribution < 1.29 is 0 Å². The zero-order valence-corrected chi connectivity index (χ0v) is 24.7. The molecule has 2 aliphatic rings. The van der Waals surface area contributed by atoms with E-state index >= 15 is 0 Å². The largest absolute Gasteiger partial charge is 0.0895 e. The molecule has 4 rings (SSSR count). The predicted molar refractivity (Wildman–Crippen MR) is 155 cm³/mol. The molecule has 0 heterocycles. The molecule has 35 heavy (non-hydrogen) atoms. The van der Waals surface area contributed by atoms with E-state index in [-0.39, 0.29) is 0 Å². The van der Waals surface area contributed by atoms with Crippen molar-refractivity contribution in [1.82, 2.24) is 0 Å². The van der Waals surface area contributed by atoms with Crippen molar-refractivity contribution in [2.45, 2.75) is 128 Å². The topological polar surface area (TPSA) is 0 Å². The molecular formula is C34H50S. The molecule has 1 heteroatoms. The van der Waals surface area contributed by atoms with E-state index in [0.717, 1.165) is 11.8 Å². The van der Waals surface area contributed by atoms with E-state index in [1.165, 1.54) is 72.3 Å². The highest BCUT2D eigenvalue weighted by Crippen LogP contribution is 2.53. The normalized spacial score (nSPS) is 26.1. The summed E-state index contributed by atoms with van der Waals surface area (Å²) in [7, 11) is 0. The molecular weight excluding hydrogens is 440 g/mol. The Hall–Kier alpha value is -1.21. The number of benzene rings is 2. The average molecular weight is 491 g/mol. The summed E-state index contributed by atoms with van der Waals surface area (Å²) < 4.78 is 0. The van der Waals surface area contributed by atoms with Gasteiger partial charge in [0.15, 0.2) is 0 Å². The van der Waals surface area contributed by atoms with Gasteiger partial charge in [-0.05, 0) is 108 Å². The highest BCUT2D eigenvalue weighted by Gasteiger charge is 2.38. The molecule has 0 aliphatic heterocycles. The Morgan fingerprint density at radius 3 is 1.31 bits per heavy atom. The first-order valence-corrected chi connectivity index (χ1v) is 15.2. The van der Waals surface area contributed by atoms with Crippen LogP contribution in [0.25, 0.3) is 0 Å². The molecule has 0 saturated heterocycles. The third kappa shape index (κ3) is 5.87. The smallest absolute Gasteiger partial charge is 0.0160 e. The van der Waals surface area contributed by atoms with E-state index in [9.17, 15) is 0 Å². The van der Waals surface area contributed by atoms with Crippen LogP contribution in [0.2, 0.25) is 0 Å². The van der Waals surface area contributed by atoms with Crippen molar-refractivity contribution in [3.05, 3.63) is 58.7 Å². The summed E-state index contributed by atoms with van der Waals surface area (Å²) in [5.74, 6) is 2.88. The minimum atomic E-state index is 0.353. The maximum atomic E-state index is 2.47. The first-order chi connectivity index (χ1) is 16.5. The van der Waals surface area contributed by atoms with E-state index in [1.807, 2.05) is 0 Å². The van der Waals surface area contributed by atoms with Gasteiger partial charge in [-0.2, -0.15) is 0 Å². The summed E-state index contributed by atoms with van der Waals surface area (Å²) in [6.45, 7) is 19.5. The molecule has 0 aromatic heterocycles. The van der Waals surface area contributed by atoms with Crippen molar-refractivity contribution in [1.29, 1.82) is 0 Å². The maximum Gasteiger partial charge on any atom is 0.0160 e. The van der Waals surface area contributed by atoms with Crippen LogP contribution in [0.15, 0.2) is 46.2 Å². The SMILES string of the molecule is Cc1cccc(Sc2cccc(C)c2C2CCCCC2C(C)(C)C)c1C1CCCCC1C(C)(C)C. The van der Waals surface area contributed by atoms with Crippen LogP contribution in [-0.2, 0) is 0 Å². The van der Waals surface area contributed by atoms with Crippen LogP contribution in [0.4, 0.5) is 0 Å². The van der Waals surface area contributed by atoms with Crippen LogP contribution in [0.3, 0.4) is 0 Å². The highest BCUT2D eigenvalue weighted by molar-refractivity contribution is 7.99. The minimum absolute atomic E-state index is 0.353. The van der Waals surface area contributed by atoms with Gasteiger partial charge in [0, 0.05) is 9.79 Å². The zero-order valence-electron chi connectivity index (χ0n) is 23.8. The maximum absolute atomic E-state index is 2.47. The van der Waals surface area contributed by atoms with Crippen LogP contribution in [-0.4, -0.2) is 0 Å². The lowest BCUT2D eigenvalue weighted by Crippen LogP contribution is -2.30. The molecule has 4 atom stereocenters. The third-order valence-corrected chi connectivity index (χ3v) is 10.4. The van der Waals surface area contributed by atoms with Crippen LogP contribution >= 0.6 is 11.8 Å².